The summed E-state index contributed by atoms with van der Waals surface area (Å²) in [5, 5.41) is 0. The van der Waals surface area contributed by atoms with E-state index in [9.17, 15) is 13.2 Å². The molecule has 0 aromatic heterocycles. The van der Waals surface area contributed by atoms with Crippen molar-refractivity contribution in [2.24, 2.45) is 0 Å². The van der Waals surface area contributed by atoms with Crippen LogP contribution in [0.5, 0.6) is 5.75 Å². The van der Waals surface area contributed by atoms with Crippen LogP contribution in [0.4, 0.5) is 13.2 Å². The van der Waals surface area contributed by atoms with Gasteiger partial charge in [-0.2, -0.15) is 13.2 Å². The Morgan fingerprint density at radius 2 is 1.71 bits per heavy atom. The lowest BCUT2D eigenvalue weighted by Crippen LogP contribution is -2.08. The molecule has 0 atom stereocenters. The van der Waals surface area contributed by atoms with Crippen LogP contribution in [-0.4, -0.2) is 7.11 Å². The summed E-state index contributed by atoms with van der Waals surface area (Å²) in [6.45, 7) is 3.01. The van der Waals surface area contributed by atoms with Gasteiger partial charge in [0.15, 0.2) is 0 Å². The zero-order chi connectivity index (χ0) is 10.9. The van der Waals surface area contributed by atoms with Crippen LogP contribution in [0.3, 0.4) is 0 Å². The van der Waals surface area contributed by atoms with Gasteiger partial charge in [0.2, 0.25) is 0 Å². The van der Waals surface area contributed by atoms with E-state index in [1.807, 2.05) is 0 Å². The Morgan fingerprint density at radius 1 is 1.14 bits per heavy atom. The summed E-state index contributed by atoms with van der Waals surface area (Å²) in [7, 11) is 1.36. The van der Waals surface area contributed by atoms with Gasteiger partial charge in [-0.3, -0.25) is 0 Å². The number of benzene rings is 1. The molecule has 1 aromatic rings. The molecule has 14 heavy (non-hydrogen) atoms. The van der Waals surface area contributed by atoms with Crippen LogP contribution in [0.25, 0.3) is 0 Å². The van der Waals surface area contributed by atoms with Crippen molar-refractivity contribution in [1.82, 2.24) is 0 Å². The third-order valence-electron chi connectivity index (χ3n) is 2.03. The van der Waals surface area contributed by atoms with Crippen LogP contribution in [-0.2, 0) is 6.18 Å². The highest BCUT2D eigenvalue weighted by Crippen LogP contribution is 2.36. The number of hydrogen-bond donors (Lipinski definition) is 0. The lowest BCUT2D eigenvalue weighted by atomic mass is 10.0. The van der Waals surface area contributed by atoms with Gasteiger partial charge in [-0.25, -0.2) is 0 Å². The highest BCUT2D eigenvalue weighted by Gasteiger charge is 2.33. The third kappa shape index (κ3) is 2.00. The lowest BCUT2D eigenvalue weighted by molar-refractivity contribution is -0.138. The zero-order valence-electron chi connectivity index (χ0n) is 8.20. The fraction of sp³-hybridized carbons (Fsp3) is 0.400. The van der Waals surface area contributed by atoms with Crippen LogP contribution in [0, 0.1) is 13.8 Å². The molecule has 0 N–H and O–H groups in total. The zero-order valence-corrected chi connectivity index (χ0v) is 8.20. The van der Waals surface area contributed by atoms with Gasteiger partial charge in [0, 0.05) is 5.56 Å². The third-order valence-corrected chi connectivity index (χ3v) is 2.03. The van der Waals surface area contributed by atoms with Crippen molar-refractivity contribution in [3.8, 4) is 5.75 Å². The molecule has 0 fully saturated rings. The predicted molar refractivity (Wildman–Crippen MR) is 47.5 cm³/mol. The molecule has 1 rings (SSSR count). The molecule has 0 aliphatic carbocycles. The molecule has 0 bridgehead atoms. The van der Waals surface area contributed by atoms with E-state index in [1.54, 1.807) is 13.0 Å². The number of alkyl halides is 3. The first-order chi connectivity index (χ1) is 6.36. The summed E-state index contributed by atoms with van der Waals surface area (Å²) < 4.78 is 42.3. The molecule has 0 radical (unpaired) electrons. The first-order valence-electron chi connectivity index (χ1n) is 4.08. The molecule has 0 spiro atoms. The lowest BCUT2D eigenvalue weighted by Gasteiger charge is -2.14. The molecular formula is C10H11F3O. The normalized spacial score (nSPS) is 11.6. The minimum absolute atomic E-state index is 0.130. The number of hydrogen-bond acceptors (Lipinski definition) is 1. The van der Waals surface area contributed by atoms with Crippen LogP contribution in [0.15, 0.2) is 12.1 Å². The maximum absolute atomic E-state index is 12.5. The molecule has 0 heterocycles. The van der Waals surface area contributed by atoms with Gasteiger partial charge in [0.25, 0.3) is 0 Å². The summed E-state index contributed by atoms with van der Waals surface area (Å²) >= 11 is 0. The molecule has 78 valence electrons. The van der Waals surface area contributed by atoms with Gasteiger partial charge in [0.05, 0.1) is 12.7 Å². The van der Waals surface area contributed by atoms with Crippen molar-refractivity contribution >= 4 is 0 Å². The van der Waals surface area contributed by atoms with Crippen LogP contribution in [0.1, 0.15) is 16.7 Å². The Morgan fingerprint density at radius 3 is 2.14 bits per heavy atom. The van der Waals surface area contributed by atoms with Crippen molar-refractivity contribution < 1.29 is 17.9 Å². The second kappa shape index (κ2) is 3.52. The smallest absolute Gasteiger partial charge is 0.416 e. The minimum atomic E-state index is -4.32. The van der Waals surface area contributed by atoms with Crippen LogP contribution in [0.2, 0.25) is 0 Å². The van der Waals surface area contributed by atoms with Crippen molar-refractivity contribution in [3.63, 3.8) is 0 Å². The maximum Gasteiger partial charge on any atom is 0.416 e. The van der Waals surface area contributed by atoms with E-state index in [0.29, 0.717) is 5.56 Å². The minimum Gasteiger partial charge on any atom is -0.496 e. The van der Waals surface area contributed by atoms with E-state index in [2.05, 4.69) is 0 Å². The first kappa shape index (κ1) is 10.9. The Bertz CT molecular complexity index is 342. The quantitative estimate of drug-likeness (QED) is 0.681. The van der Waals surface area contributed by atoms with Crippen molar-refractivity contribution in [1.29, 1.82) is 0 Å². The van der Waals surface area contributed by atoms with Crippen molar-refractivity contribution in [3.05, 3.63) is 28.8 Å². The fourth-order valence-electron chi connectivity index (χ4n) is 1.33. The molecule has 1 aromatic carbocycles. The summed E-state index contributed by atoms with van der Waals surface area (Å²) in [6.07, 6.45) is -4.32. The van der Waals surface area contributed by atoms with E-state index in [0.717, 1.165) is 6.07 Å². The monoisotopic (exact) mass is 204 g/mol. The Hall–Kier alpha value is -1.19. The Labute approximate surface area is 80.5 Å². The van der Waals surface area contributed by atoms with Gasteiger partial charge in [0.1, 0.15) is 5.75 Å². The number of methoxy groups -OCH3 is 1. The maximum atomic E-state index is 12.5. The second-order valence-corrected chi connectivity index (χ2v) is 3.14. The molecule has 0 aliphatic rings. The van der Waals surface area contributed by atoms with Gasteiger partial charge < -0.3 is 4.74 Å². The van der Waals surface area contributed by atoms with Gasteiger partial charge in [-0.1, -0.05) is 0 Å². The van der Waals surface area contributed by atoms with Crippen molar-refractivity contribution in [2.75, 3.05) is 7.11 Å². The molecule has 1 nitrogen and oxygen atoms in total. The second-order valence-electron chi connectivity index (χ2n) is 3.14. The molecular weight excluding hydrogens is 193 g/mol. The van der Waals surface area contributed by atoms with Crippen molar-refractivity contribution in [2.45, 2.75) is 20.0 Å². The largest absolute Gasteiger partial charge is 0.496 e. The fourth-order valence-corrected chi connectivity index (χ4v) is 1.33. The summed E-state index contributed by atoms with van der Waals surface area (Å²) in [4.78, 5) is 0. The first-order valence-corrected chi connectivity index (χ1v) is 4.08. The van der Waals surface area contributed by atoms with Gasteiger partial charge in [-0.15, -0.1) is 0 Å². The number of rotatable bonds is 1. The van der Waals surface area contributed by atoms with E-state index in [1.165, 1.54) is 14.0 Å². The van der Waals surface area contributed by atoms with Crippen LogP contribution < -0.4 is 4.74 Å². The number of halogens is 3. The van der Waals surface area contributed by atoms with Crippen LogP contribution >= 0.6 is 0 Å². The molecule has 0 aliphatic heterocycles. The highest BCUT2D eigenvalue weighted by atomic mass is 19.4. The summed E-state index contributed by atoms with van der Waals surface area (Å²) in [5.41, 5.74) is 0.0414. The average Bonchev–Trinajstić information content (AvgIpc) is 2.06. The molecule has 0 amide bonds. The SMILES string of the molecule is COc1cc(C)cc(C(F)(F)F)c1C. The van der Waals surface area contributed by atoms with Gasteiger partial charge >= 0.3 is 6.18 Å². The van der Waals surface area contributed by atoms with E-state index >= 15 is 0 Å². The average molecular weight is 204 g/mol. The molecule has 0 unspecified atom stereocenters. The summed E-state index contributed by atoms with van der Waals surface area (Å²) in [5.74, 6) is 0.275. The Kier molecular flexibility index (Phi) is 2.73. The van der Waals surface area contributed by atoms with Gasteiger partial charge in [-0.05, 0) is 31.5 Å². The number of aryl methyl sites for hydroxylation is 1. The predicted octanol–water partition coefficient (Wildman–Crippen LogP) is 3.33. The summed E-state index contributed by atoms with van der Waals surface area (Å²) in [6, 6.07) is 2.71. The van der Waals surface area contributed by atoms with E-state index in [-0.39, 0.29) is 11.3 Å². The molecule has 0 saturated carbocycles. The topological polar surface area (TPSA) is 9.23 Å². The Balaban J connectivity index is 3.37. The molecule has 4 heteroatoms. The van der Waals surface area contributed by atoms with E-state index < -0.39 is 11.7 Å². The standard InChI is InChI=1S/C10H11F3O/c1-6-4-8(10(11,12)13)7(2)9(5-6)14-3/h4-5H,1-3H3. The highest BCUT2D eigenvalue weighted by molar-refractivity contribution is 5.43. The number of ether oxygens (including phenoxy) is 1. The molecule has 0 saturated heterocycles. The van der Waals surface area contributed by atoms with E-state index in [4.69, 9.17) is 4.74 Å².